The summed E-state index contributed by atoms with van der Waals surface area (Å²) in [4.78, 5) is 0. The van der Waals surface area contributed by atoms with Crippen molar-refractivity contribution in [2.75, 3.05) is 0 Å². The maximum atomic E-state index is 6.42. The Bertz CT molecular complexity index is 540. The number of alkyl halides is 1. The van der Waals surface area contributed by atoms with Crippen LogP contribution in [0.3, 0.4) is 0 Å². The maximum Gasteiger partial charge on any atom is 0.0850 e. The Labute approximate surface area is 124 Å². The molecule has 0 aliphatic carbocycles. The zero-order valence-corrected chi connectivity index (χ0v) is 12.5. The quantitative estimate of drug-likeness (QED) is 0.575. The van der Waals surface area contributed by atoms with E-state index in [9.17, 15) is 0 Å². The first-order valence-corrected chi connectivity index (χ1v) is 6.91. The minimum absolute atomic E-state index is 0.307. The van der Waals surface area contributed by atoms with Gasteiger partial charge in [-0.25, -0.2) is 0 Å². The molecule has 0 bridgehead atoms. The molecular weight excluding hydrogens is 342 g/mol. The van der Waals surface area contributed by atoms with E-state index in [1.165, 1.54) is 0 Å². The van der Waals surface area contributed by atoms with Crippen LogP contribution in [0.5, 0.6) is 0 Å². The first-order chi connectivity index (χ1) is 8.08. The second-order valence-corrected chi connectivity index (χ2v) is 5.78. The smallest absolute Gasteiger partial charge is 0.0850 e. The summed E-state index contributed by atoms with van der Waals surface area (Å²) in [6, 6.07) is 13.1. The maximum absolute atomic E-state index is 6.42. The van der Waals surface area contributed by atoms with Crippen LogP contribution in [0.25, 0.3) is 0 Å². The van der Waals surface area contributed by atoms with Crippen molar-refractivity contribution in [1.82, 2.24) is 0 Å². The largest absolute Gasteiger partial charge is 0.113 e. The highest BCUT2D eigenvalue weighted by atomic mass is 79.9. The summed E-state index contributed by atoms with van der Waals surface area (Å²) in [6.07, 6.45) is 0. The van der Waals surface area contributed by atoms with E-state index in [1.807, 2.05) is 24.3 Å². The molecule has 0 amide bonds. The van der Waals surface area contributed by atoms with E-state index < -0.39 is 0 Å². The lowest BCUT2D eigenvalue weighted by molar-refractivity contribution is 1.14. The molecule has 0 fully saturated rings. The fraction of sp³-hybridized carbons (Fsp3) is 0.0769. The van der Waals surface area contributed by atoms with Crippen molar-refractivity contribution in [3.63, 3.8) is 0 Å². The van der Waals surface area contributed by atoms with Gasteiger partial charge in [0.05, 0.1) is 5.38 Å². The first-order valence-electron chi connectivity index (χ1n) is 4.92. The SMILES string of the molecule is Clc1ccc(Cl)c(C(Cl)c2cccc(Br)c2)c1. The summed E-state index contributed by atoms with van der Waals surface area (Å²) >= 11 is 21.9. The standard InChI is InChI=1S/C13H8BrCl3/c14-9-3-1-2-8(6-9)13(17)11-7-10(15)4-5-12(11)16/h1-7,13H. The Morgan fingerprint density at radius 3 is 2.47 bits per heavy atom. The molecule has 0 spiro atoms. The summed E-state index contributed by atoms with van der Waals surface area (Å²) < 4.78 is 0.985. The summed E-state index contributed by atoms with van der Waals surface area (Å²) in [5, 5.41) is 0.943. The monoisotopic (exact) mass is 348 g/mol. The molecule has 0 heterocycles. The van der Waals surface area contributed by atoms with Gasteiger partial charge in [-0.15, -0.1) is 11.6 Å². The van der Waals surface area contributed by atoms with Crippen LogP contribution in [0, 0.1) is 0 Å². The van der Waals surface area contributed by atoms with Crippen LogP contribution in [0.1, 0.15) is 16.5 Å². The molecule has 1 unspecified atom stereocenters. The van der Waals surface area contributed by atoms with E-state index in [0.717, 1.165) is 15.6 Å². The van der Waals surface area contributed by atoms with Crippen molar-refractivity contribution in [3.8, 4) is 0 Å². The van der Waals surface area contributed by atoms with Gasteiger partial charge < -0.3 is 0 Å². The molecule has 0 radical (unpaired) electrons. The third-order valence-corrected chi connectivity index (χ3v) is 3.93. The van der Waals surface area contributed by atoms with Crippen LogP contribution in [-0.4, -0.2) is 0 Å². The highest BCUT2D eigenvalue weighted by Gasteiger charge is 2.14. The van der Waals surface area contributed by atoms with E-state index in [0.29, 0.717) is 10.0 Å². The van der Waals surface area contributed by atoms with Crippen molar-refractivity contribution in [3.05, 3.63) is 68.1 Å². The average Bonchev–Trinajstić information content (AvgIpc) is 2.31. The number of hydrogen-bond donors (Lipinski definition) is 0. The molecule has 2 aromatic rings. The molecular formula is C13H8BrCl3. The molecule has 0 aliphatic rings. The van der Waals surface area contributed by atoms with Gasteiger partial charge >= 0.3 is 0 Å². The average molecular weight is 350 g/mol. The predicted octanol–water partition coefficient (Wildman–Crippen LogP) is 6.08. The zero-order valence-electron chi connectivity index (χ0n) is 8.63. The summed E-state index contributed by atoms with van der Waals surface area (Å²) in [5.74, 6) is 0. The highest BCUT2D eigenvalue weighted by Crippen LogP contribution is 2.35. The van der Waals surface area contributed by atoms with Crippen LogP contribution in [-0.2, 0) is 0 Å². The second-order valence-electron chi connectivity index (χ2n) is 3.58. The molecule has 0 nitrogen and oxygen atoms in total. The molecule has 0 aromatic heterocycles. The molecule has 0 N–H and O–H groups in total. The van der Waals surface area contributed by atoms with Crippen LogP contribution in [0.2, 0.25) is 10.0 Å². The molecule has 0 aliphatic heterocycles. The summed E-state index contributed by atoms with van der Waals surface area (Å²) in [7, 11) is 0. The van der Waals surface area contributed by atoms with E-state index in [1.54, 1.807) is 18.2 Å². The van der Waals surface area contributed by atoms with Crippen LogP contribution in [0.15, 0.2) is 46.9 Å². The molecule has 4 heteroatoms. The number of rotatable bonds is 2. The number of benzene rings is 2. The lowest BCUT2D eigenvalue weighted by Crippen LogP contribution is -1.94. The summed E-state index contributed by atoms with van der Waals surface area (Å²) in [5.41, 5.74) is 1.80. The van der Waals surface area contributed by atoms with Crippen molar-refractivity contribution in [2.24, 2.45) is 0 Å². The van der Waals surface area contributed by atoms with Crippen molar-refractivity contribution in [2.45, 2.75) is 5.38 Å². The molecule has 2 aromatic carbocycles. The van der Waals surface area contributed by atoms with E-state index in [2.05, 4.69) is 15.9 Å². The van der Waals surface area contributed by atoms with Gasteiger partial charge in [-0.05, 0) is 41.5 Å². The van der Waals surface area contributed by atoms with Gasteiger partial charge in [-0.1, -0.05) is 51.3 Å². The fourth-order valence-corrected chi connectivity index (χ4v) is 2.75. The van der Waals surface area contributed by atoms with Crippen LogP contribution < -0.4 is 0 Å². The van der Waals surface area contributed by atoms with Crippen LogP contribution in [0.4, 0.5) is 0 Å². The first kappa shape index (κ1) is 13.2. The minimum Gasteiger partial charge on any atom is -0.113 e. The normalized spacial score (nSPS) is 12.5. The molecule has 88 valence electrons. The minimum atomic E-state index is -0.307. The Hall–Kier alpha value is -0.210. The van der Waals surface area contributed by atoms with Crippen molar-refractivity contribution in [1.29, 1.82) is 0 Å². The Morgan fingerprint density at radius 1 is 1.00 bits per heavy atom. The molecule has 0 saturated carbocycles. The van der Waals surface area contributed by atoms with Crippen LogP contribution >= 0.6 is 50.7 Å². The number of hydrogen-bond acceptors (Lipinski definition) is 0. The Kier molecular flexibility index (Phi) is 4.37. The zero-order chi connectivity index (χ0) is 12.4. The third kappa shape index (κ3) is 3.17. The Morgan fingerprint density at radius 2 is 1.76 bits per heavy atom. The highest BCUT2D eigenvalue weighted by molar-refractivity contribution is 9.10. The van der Waals surface area contributed by atoms with Crippen molar-refractivity contribution < 1.29 is 0 Å². The molecule has 0 saturated heterocycles. The second kappa shape index (κ2) is 5.62. The summed E-state index contributed by atoms with van der Waals surface area (Å²) in [6.45, 7) is 0. The lowest BCUT2D eigenvalue weighted by Gasteiger charge is -2.12. The topological polar surface area (TPSA) is 0 Å². The van der Waals surface area contributed by atoms with Crippen molar-refractivity contribution >= 4 is 50.7 Å². The molecule has 17 heavy (non-hydrogen) atoms. The van der Waals surface area contributed by atoms with Gasteiger partial charge in [0.25, 0.3) is 0 Å². The third-order valence-electron chi connectivity index (χ3n) is 2.37. The van der Waals surface area contributed by atoms with Gasteiger partial charge in [0, 0.05) is 14.5 Å². The van der Waals surface area contributed by atoms with E-state index in [4.69, 9.17) is 34.8 Å². The molecule has 1 atom stereocenters. The predicted molar refractivity (Wildman–Crippen MR) is 78.3 cm³/mol. The number of halogens is 4. The van der Waals surface area contributed by atoms with E-state index >= 15 is 0 Å². The van der Waals surface area contributed by atoms with Gasteiger partial charge in [-0.3, -0.25) is 0 Å². The van der Waals surface area contributed by atoms with E-state index in [-0.39, 0.29) is 5.38 Å². The Balaban J connectivity index is 2.43. The van der Waals surface area contributed by atoms with Gasteiger partial charge in [-0.2, -0.15) is 0 Å². The lowest BCUT2D eigenvalue weighted by atomic mass is 10.0. The van der Waals surface area contributed by atoms with Gasteiger partial charge in [0.15, 0.2) is 0 Å². The van der Waals surface area contributed by atoms with Gasteiger partial charge in [0.2, 0.25) is 0 Å². The van der Waals surface area contributed by atoms with Gasteiger partial charge in [0.1, 0.15) is 0 Å². The fourth-order valence-electron chi connectivity index (χ4n) is 1.55. The molecule has 2 rings (SSSR count).